The van der Waals surface area contributed by atoms with E-state index >= 15 is 0 Å². The number of rotatable bonds is 13. The minimum Gasteiger partial charge on any atom is -0.480 e. The third-order valence-electron chi connectivity index (χ3n) is 6.30. The van der Waals surface area contributed by atoms with E-state index < -0.39 is 12.1 Å². The summed E-state index contributed by atoms with van der Waals surface area (Å²) in [6, 6.07) is 0. The van der Waals surface area contributed by atoms with Crippen LogP contribution in [0.1, 0.15) is 57.8 Å². The molecule has 0 saturated heterocycles. The van der Waals surface area contributed by atoms with Gasteiger partial charge in [-0.05, 0) is 49.9 Å². The normalized spacial score (nSPS) is 31.0. The van der Waals surface area contributed by atoms with Gasteiger partial charge in [-0.15, -0.1) is 0 Å². The predicted octanol–water partition coefficient (Wildman–Crippen LogP) is 3.74. The molecule has 2 rings (SSSR count). The van der Waals surface area contributed by atoms with Crippen LogP contribution >= 0.6 is 18.9 Å². The maximum absolute atomic E-state index is 10.6. The second-order valence-corrected chi connectivity index (χ2v) is 8.56. The molecule has 0 bridgehead atoms. The Balaban J connectivity index is 1.89. The fourth-order valence-electron chi connectivity index (χ4n) is 4.83. The van der Waals surface area contributed by atoms with E-state index in [2.05, 4.69) is 9.47 Å². The second-order valence-electron chi connectivity index (χ2n) is 8.05. The summed E-state index contributed by atoms with van der Waals surface area (Å²) in [6.07, 6.45) is 12.9. The van der Waals surface area contributed by atoms with Crippen LogP contribution in [0.4, 0.5) is 0 Å². The van der Waals surface area contributed by atoms with Gasteiger partial charge in [-0.3, -0.25) is 0 Å². The first-order valence-corrected chi connectivity index (χ1v) is 11.2. The molecule has 6 nitrogen and oxygen atoms in total. The van der Waals surface area contributed by atoms with Crippen molar-refractivity contribution in [1.29, 1.82) is 1.28 Å². The molecule has 0 heterocycles. The zero-order chi connectivity index (χ0) is 21.1. The number of aliphatic hydroxyl groups is 1. The Kier molecular flexibility index (Phi) is 10.7. The number of allylic oxidation sites excluding steroid dienone is 1. The highest BCUT2D eigenvalue weighted by Crippen LogP contribution is 2.42. The average molecular weight is 436 g/mol. The van der Waals surface area contributed by atoms with Crippen LogP contribution in [0.2, 0.25) is 0 Å². The van der Waals surface area contributed by atoms with Crippen molar-refractivity contribution in [3.05, 3.63) is 12.2 Å². The number of carboxylic acid groups (broad SMARTS) is 1. The zero-order valence-electron chi connectivity index (χ0n) is 17.5. The van der Waals surface area contributed by atoms with Gasteiger partial charge in [0.25, 0.3) is 0 Å². The van der Waals surface area contributed by atoms with Crippen LogP contribution in [0.3, 0.4) is 0 Å². The molecule has 2 unspecified atom stereocenters. The lowest BCUT2D eigenvalue weighted by Gasteiger charge is -2.31. The molecule has 0 amide bonds. The number of ether oxygens (including phenoxy) is 1. The summed E-state index contributed by atoms with van der Waals surface area (Å²) in [7, 11) is 2.11. The first kappa shape index (κ1) is 22.6. The minimum absolute atomic E-state index is 0.0728. The highest BCUT2D eigenvalue weighted by atomic mass is 31.0. The molecule has 162 valence electrons. The van der Waals surface area contributed by atoms with E-state index in [4.69, 9.17) is 20.2 Å². The third-order valence-corrected chi connectivity index (χ3v) is 6.95. The van der Waals surface area contributed by atoms with Gasteiger partial charge < -0.3 is 24.0 Å². The molecule has 2 N–H and O–H groups in total. The Bertz CT molecular complexity index is 503. The van der Waals surface area contributed by atoms with Gasteiger partial charge in [0.15, 0.2) is 0 Å². The highest BCUT2D eigenvalue weighted by Gasteiger charge is 2.42. The molecular formula is C20H36O6P2. The van der Waals surface area contributed by atoms with E-state index in [1.165, 1.54) is 32.1 Å². The van der Waals surface area contributed by atoms with E-state index in [1.54, 1.807) is 0 Å². The number of aliphatic carboxylic acids is 1. The largest absolute Gasteiger partial charge is 0.480 e. The average Bonchev–Trinajstić information content (AvgIpc) is 3.00. The van der Waals surface area contributed by atoms with Gasteiger partial charge in [0.1, 0.15) is 6.61 Å². The van der Waals surface area contributed by atoms with E-state index in [1.807, 2.05) is 12.2 Å². The molecule has 7 atom stereocenters. The lowest BCUT2D eigenvalue weighted by Crippen LogP contribution is -2.27. The standard InChI is InChI=1S/C20H36O6P2/c21-17-12-19(26-28)16(15(17)8-4-5-11-24-13-20(22)23)9-10-18(25-27)14-6-2-1-3-7-14/h4-5,14-19,21H,1-3,6-13,27-28H2,(H,22,23)/b5-4-/t15-,16-,17+,18+,19-/m1/s1/i28T/t15-,16-,17+,18+,19-,28?. The molecule has 28 heavy (non-hydrogen) atoms. The number of carboxylic acids is 1. The molecule has 2 fully saturated rings. The summed E-state index contributed by atoms with van der Waals surface area (Å²) in [5, 5.41) is 19.2. The molecule has 2 aliphatic rings. The number of aliphatic hydroxyl groups excluding tert-OH is 1. The molecule has 8 heteroatoms. The van der Waals surface area contributed by atoms with Crippen LogP contribution in [0.25, 0.3) is 0 Å². The summed E-state index contributed by atoms with van der Waals surface area (Å²) < 4.78 is 23.9. The lowest BCUT2D eigenvalue weighted by molar-refractivity contribution is -0.141. The summed E-state index contributed by atoms with van der Waals surface area (Å²) in [6.45, 7) is -0.0601. The van der Waals surface area contributed by atoms with E-state index in [9.17, 15) is 9.90 Å². The molecular weight excluding hydrogens is 398 g/mol. The van der Waals surface area contributed by atoms with Gasteiger partial charge in [-0.1, -0.05) is 31.4 Å². The molecule has 0 aromatic carbocycles. The monoisotopic (exact) mass is 436 g/mol. The van der Waals surface area contributed by atoms with E-state index in [-0.39, 0.29) is 46.7 Å². The van der Waals surface area contributed by atoms with Crippen LogP contribution in [-0.2, 0) is 18.6 Å². The van der Waals surface area contributed by atoms with Gasteiger partial charge in [0, 0.05) is 25.3 Å². The number of carbonyl (C=O) groups is 1. The molecule has 0 aliphatic heterocycles. The second kappa shape index (κ2) is 13.3. The Labute approximate surface area is 174 Å². The Hall–Kier alpha value is -0.0900. The highest BCUT2D eigenvalue weighted by molar-refractivity contribution is 7.10. The molecule has 0 aromatic heterocycles. The topological polar surface area (TPSA) is 85.2 Å². The van der Waals surface area contributed by atoms with Crippen molar-refractivity contribution < 1.29 is 28.8 Å². The molecule has 0 radical (unpaired) electrons. The predicted molar refractivity (Wildman–Crippen MR) is 115 cm³/mol. The fourth-order valence-corrected chi connectivity index (χ4v) is 5.46. The van der Waals surface area contributed by atoms with Crippen molar-refractivity contribution in [3.63, 3.8) is 0 Å². The van der Waals surface area contributed by atoms with Crippen molar-refractivity contribution in [2.75, 3.05) is 13.2 Å². The Morgan fingerprint density at radius 3 is 2.71 bits per heavy atom. The maximum atomic E-state index is 10.6. The molecule has 0 aromatic rings. The SMILES string of the molecule is [3H]PO[C@@H]1C[C@H](O)[C@H](C/C=C\COCC(=O)O)[C@H]1CC[C@H](OP)C1CCCCC1. The first-order chi connectivity index (χ1) is 14.1. The summed E-state index contributed by atoms with van der Waals surface area (Å²) in [5.74, 6) is -0.110. The molecule has 0 spiro atoms. The van der Waals surface area contributed by atoms with Crippen molar-refractivity contribution in [2.45, 2.75) is 76.1 Å². The van der Waals surface area contributed by atoms with Crippen LogP contribution in [-0.4, -0.2) is 49.0 Å². The molecule has 2 aliphatic carbocycles. The van der Waals surface area contributed by atoms with Crippen LogP contribution in [0, 0.1) is 17.8 Å². The summed E-state index contributed by atoms with van der Waals surface area (Å²) >= 11 is 0. The summed E-state index contributed by atoms with van der Waals surface area (Å²) in [4.78, 5) is 10.5. The van der Waals surface area contributed by atoms with Crippen molar-refractivity contribution in [2.24, 2.45) is 17.8 Å². The minimum atomic E-state index is -0.982. The zero-order valence-corrected chi connectivity index (χ0v) is 18.7. The Morgan fingerprint density at radius 1 is 1.25 bits per heavy atom. The van der Waals surface area contributed by atoms with Crippen molar-refractivity contribution >= 4 is 24.8 Å². The van der Waals surface area contributed by atoms with E-state index in [0.29, 0.717) is 18.8 Å². The number of hydrogen-bond acceptors (Lipinski definition) is 5. The van der Waals surface area contributed by atoms with Crippen LogP contribution < -0.4 is 0 Å². The van der Waals surface area contributed by atoms with Gasteiger partial charge in [-0.2, -0.15) is 0 Å². The fraction of sp³-hybridized carbons (Fsp3) is 0.850. The van der Waals surface area contributed by atoms with Crippen molar-refractivity contribution in [3.8, 4) is 0 Å². The quantitative estimate of drug-likeness (QED) is 0.260. The lowest BCUT2D eigenvalue weighted by atomic mass is 9.80. The van der Waals surface area contributed by atoms with Gasteiger partial charge in [0.2, 0.25) is 0 Å². The van der Waals surface area contributed by atoms with Crippen molar-refractivity contribution in [1.82, 2.24) is 0 Å². The van der Waals surface area contributed by atoms with Gasteiger partial charge in [-0.25, -0.2) is 4.79 Å². The van der Waals surface area contributed by atoms with Gasteiger partial charge >= 0.3 is 5.97 Å². The first-order valence-electron chi connectivity index (χ1n) is 10.9. The third kappa shape index (κ3) is 7.63. The molecule has 2 saturated carbocycles. The van der Waals surface area contributed by atoms with E-state index in [0.717, 1.165) is 12.8 Å². The van der Waals surface area contributed by atoms with Gasteiger partial charge in [0.05, 0.1) is 26.2 Å². The Morgan fingerprint density at radius 2 is 2.04 bits per heavy atom. The number of hydrogen-bond donors (Lipinski definition) is 2. The maximum Gasteiger partial charge on any atom is 0.329 e. The van der Waals surface area contributed by atoms with Crippen LogP contribution in [0.5, 0.6) is 0 Å². The van der Waals surface area contributed by atoms with Crippen LogP contribution in [0.15, 0.2) is 12.2 Å². The summed E-state index contributed by atoms with van der Waals surface area (Å²) in [5.41, 5.74) is 0. The smallest absolute Gasteiger partial charge is 0.329 e.